The maximum atomic E-state index is 13.7. The van der Waals surface area contributed by atoms with Crippen LogP contribution in [-0.4, -0.2) is 93.4 Å². The fourth-order valence-corrected chi connectivity index (χ4v) is 6.33. The van der Waals surface area contributed by atoms with E-state index in [4.69, 9.17) is 37.4 Å². The topological polar surface area (TPSA) is 118 Å². The molecule has 2 aliphatic rings. The SMILES string of the molecule is COC(=O)C1=C(CCc2ccccc2OC)NC(CC(=O)N2CCN(CCO)CC2)=C(C(=O)OC)C1c1c(Cl)cccc1Cl. The number of hydrogen-bond acceptors (Lipinski definition) is 9. The lowest BCUT2D eigenvalue weighted by molar-refractivity contribution is -0.137. The zero-order chi connectivity index (χ0) is 31.8. The highest BCUT2D eigenvalue weighted by molar-refractivity contribution is 6.36. The van der Waals surface area contributed by atoms with Gasteiger partial charge in [0.2, 0.25) is 5.91 Å². The Labute approximate surface area is 267 Å². The molecule has 1 atom stereocenters. The number of carbonyl (C=O) groups is 3. The molecule has 1 saturated heterocycles. The van der Waals surface area contributed by atoms with Gasteiger partial charge in [-0.1, -0.05) is 47.5 Å². The van der Waals surface area contributed by atoms with Crippen LogP contribution in [0.4, 0.5) is 0 Å². The quantitative estimate of drug-likeness (QED) is 0.353. The van der Waals surface area contributed by atoms with Crippen molar-refractivity contribution in [3.63, 3.8) is 0 Å². The molecule has 0 saturated carbocycles. The Bertz CT molecular complexity index is 1430. The number of nitrogens with zero attached hydrogens (tertiary/aromatic N) is 2. The summed E-state index contributed by atoms with van der Waals surface area (Å²) < 4.78 is 16.0. The number of aryl methyl sites for hydroxylation is 1. The Morgan fingerprint density at radius 3 is 2.07 bits per heavy atom. The van der Waals surface area contributed by atoms with Gasteiger partial charge in [0.05, 0.1) is 51.4 Å². The number of β-amino-alcohol motifs (C(OH)–C–C–N with tert-alkyl or cyclic N) is 1. The number of amides is 1. The average molecular weight is 647 g/mol. The predicted octanol–water partition coefficient (Wildman–Crippen LogP) is 3.70. The van der Waals surface area contributed by atoms with Crippen LogP contribution in [0.3, 0.4) is 0 Å². The summed E-state index contributed by atoms with van der Waals surface area (Å²) in [6.45, 7) is 2.78. The van der Waals surface area contributed by atoms with Gasteiger partial charge in [0.25, 0.3) is 0 Å². The van der Waals surface area contributed by atoms with E-state index in [0.29, 0.717) is 68.3 Å². The van der Waals surface area contributed by atoms with E-state index in [1.54, 1.807) is 30.2 Å². The van der Waals surface area contributed by atoms with Gasteiger partial charge in [-0.15, -0.1) is 0 Å². The van der Waals surface area contributed by atoms with E-state index in [1.807, 2.05) is 24.3 Å². The highest BCUT2D eigenvalue weighted by atomic mass is 35.5. The van der Waals surface area contributed by atoms with Gasteiger partial charge in [-0.3, -0.25) is 9.69 Å². The first kappa shape index (κ1) is 33.3. The lowest BCUT2D eigenvalue weighted by Gasteiger charge is -2.36. The second kappa shape index (κ2) is 15.4. The van der Waals surface area contributed by atoms with Crippen LogP contribution in [-0.2, 0) is 30.3 Å². The van der Waals surface area contributed by atoms with Gasteiger partial charge < -0.3 is 29.5 Å². The number of benzene rings is 2. The molecule has 2 aromatic carbocycles. The van der Waals surface area contributed by atoms with Crippen LogP contribution in [0.25, 0.3) is 0 Å². The second-order valence-electron chi connectivity index (χ2n) is 10.4. The third kappa shape index (κ3) is 7.38. The fraction of sp³-hybridized carbons (Fsp3) is 0.406. The van der Waals surface area contributed by atoms with Gasteiger partial charge in [0.15, 0.2) is 0 Å². The molecule has 12 heteroatoms. The first-order chi connectivity index (χ1) is 21.2. The Kier molecular flexibility index (Phi) is 11.7. The van der Waals surface area contributed by atoms with Crippen molar-refractivity contribution in [3.8, 4) is 5.75 Å². The van der Waals surface area contributed by atoms with Crippen LogP contribution in [0.5, 0.6) is 5.75 Å². The zero-order valence-electron chi connectivity index (χ0n) is 25.0. The van der Waals surface area contributed by atoms with Gasteiger partial charge in [-0.2, -0.15) is 0 Å². The highest BCUT2D eigenvalue weighted by Gasteiger charge is 2.42. The molecule has 1 amide bonds. The molecule has 10 nitrogen and oxygen atoms in total. The minimum absolute atomic E-state index is 0.0474. The molecular formula is C32H37Cl2N3O7. The molecule has 0 aliphatic carbocycles. The molecule has 236 valence electrons. The molecule has 1 unspecified atom stereocenters. The molecule has 44 heavy (non-hydrogen) atoms. The predicted molar refractivity (Wildman–Crippen MR) is 166 cm³/mol. The van der Waals surface area contributed by atoms with E-state index in [0.717, 1.165) is 5.56 Å². The maximum Gasteiger partial charge on any atom is 0.336 e. The van der Waals surface area contributed by atoms with Gasteiger partial charge in [-0.05, 0) is 36.6 Å². The van der Waals surface area contributed by atoms with Crippen molar-refractivity contribution in [1.29, 1.82) is 0 Å². The monoisotopic (exact) mass is 645 g/mol. The highest BCUT2D eigenvalue weighted by Crippen LogP contribution is 2.46. The number of piperazine rings is 1. The van der Waals surface area contributed by atoms with Crippen LogP contribution in [0.1, 0.15) is 29.9 Å². The minimum Gasteiger partial charge on any atom is -0.496 e. The van der Waals surface area contributed by atoms with Crippen molar-refractivity contribution < 1.29 is 33.7 Å². The summed E-state index contributed by atoms with van der Waals surface area (Å²) in [4.78, 5) is 44.5. The van der Waals surface area contributed by atoms with Crippen molar-refractivity contribution in [2.45, 2.75) is 25.2 Å². The smallest absolute Gasteiger partial charge is 0.336 e. The molecule has 1 fully saturated rings. The molecule has 2 N–H and O–H groups in total. The number of aliphatic hydroxyl groups is 1. The van der Waals surface area contributed by atoms with Crippen molar-refractivity contribution in [2.24, 2.45) is 0 Å². The Balaban J connectivity index is 1.82. The molecule has 2 aliphatic heterocycles. The van der Waals surface area contributed by atoms with E-state index in [-0.39, 0.29) is 40.1 Å². The van der Waals surface area contributed by atoms with Gasteiger partial charge in [-0.25, -0.2) is 9.59 Å². The number of methoxy groups -OCH3 is 3. The normalized spacial score (nSPS) is 17.3. The second-order valence-corrected chi connectivity index (χ2v) is 11.2. The molecule has 0 aromatic heterocycles. The molecule has 2 heterocycles. The number of esters is 2. The third-order valence-electron chi connectivity index (χ3n) is 7.93. The molecule has 2 aromatic rings. The number of allylic oxidation sites excluding steroid dienone is 1. The number of para-hydroxylation sites is 1. The summed E-state index contributed by atoms with van der Waals surface area (Å²) in [7, 11) is 4.08. The fourth-order valence-electron chi connectivity index (χ4n) is 5.72. The summed E-state index contributed by atoms with van der Waals surface area (Å²) >= 11 is 13.4. The number of dihydropyridines is 1. The van der Waals surface area contributed by atoms with Crippen LogP contribution in [0, 0.1) is 0 Å². The summed E-state index contributed by atoms with van der Waals surface area (Å²) in [5.41, 5.74) is 2.19. The van der Waals surface area contributed by atoms with Crippen LogP contribution >= 0.6 is 23.2 Å². The summed E-state index contributed by atoms with van der Waals surface area (Å²) in [5, 5.41) is 13.0. The number of carbonyl (C=O) groups excluding carboxylic acids is 3. The molecule has 4 rings (SSSR count). The zero-order valence-corrected chi connectivity index (χ0v) is 26.5. The average Bonchev–Trinajstić information content (AvgIpc) is 3.03. The summed E-state index contributed by atoms with van der Waals surface area (Å²) in [6, 6.07) is 12.5. The van der Waals surface area contributed by atoms with Gasteiger partial charge >= 0.3 is 11.9 Å². The largest absolute Gasteiger partial charge is 0.496 e. The van der Waals surface area contributed by atoms with Crippen molar-refractivity contribution in [2.75, 3.05) is 60.7 Å². The third-order valence-corrected chi connectivity index (χ3v) is 8.59. The molecular weight excluding hydrogens is 609 g/mol. The standard InChI is InChI=1S/C32H37Cl2N3O7/c1-42-25-10-5-4-7-20(25)11-12-23-28(31(40)43-2)30(27-21(33)8-6-9-22(27)34)29(32(41)44-3)24(35-23)19-26(39)37-15-13-36(14-16-37)17-18-38/h4-10,30,35,38H,11-19H2,1-3H3. The van der Waals surface area contributed by atoms with E-state index in [9.17, 15) is 19.5 Å². The van der Waals surface area contributed by atoms with E-state index in [1.165, 1.54) is 14.2 Å². The maximum absolute atomic E-state index is 13.7. The van der Waals surface area contributed by atoms with Crippen molar-refractivity contribution in [3.05, 3.63) is 86.2 Å². The van der Waals surface area contributed by atoms with Crippen LogP contribution in [0.2, 0.25) is 10.0 Å². The number of rotatable bonds is 11. The molecule has 0 spiro atoms. The summed E-state index contributed by atoms with van der Waals surface area (Å²) in [5.74, 6) is -2.00. The number of ether oxygens (including phenoxy) is 3. The Hall–Kier alpha value is -3.57. The summed E-state index contributed by atoms with van der Waals surface area (Å²) in [6.07, 6.45) is 0.627. The number of nitrogens with one attached hydrogen (secondary N) is 1. The lowest BCUT2D eigenvalue weighted by atomic mass is 9.78. The van der Waals surface area contributed by atoms with Crippen LogP contribution in [0.15, 0.2) is 65.0 Å². The van der Waals surface area contributed by atoms with Crippen molar-refractivity contribution >= 4 is 41.0 Å². The number of aliphatic hydroxyl groups excluding tert-OH is 1. The Morgan fingerprint density at radius 1 is 0.864 bits per heavy atom. The van der Waals surface area contributed by atoms with E-state index in [2.05, 4.69) is 10.2 Å². The van der Waals surface area contributed by atoms with E-state index >= 15 is 0 Å². The minimum atomic E-state index is -1.07. The first-order valence-electron chi connectivity index (χ1n) is 14.3. The number of halogens is 2. The van der Waals surface area contributed by atoms with Gasteiger partial charge in [0.1, 0.15) is 5.75 Å². The Morgan fingerprint density at radius 2 is 1.48 bits per heavy atom. The number of hydrogen-bond donors (Lipinski definition) is 2. The van der Waals surface area contributed by atoms with Crippen molar-refractivity contribution in [1.82, 2.24) is 15.1 Å². The lowest BCUT2D eigenvalue weighted by Crippen LogP contribution is -2.49. The van der Waals surface area contributed by atoms with Gasteiger partial charge in [0, 0.05) is 59.7 Å². The van der Waals surface area contributed by atoms with Crippen LogP contribution < -0.4 is 10.1 Å². The molecule has 0 radical (unpaired) electrons. The van der Waals surface area contributed by atoms with E-state index < -0.39 is 17.9 Å². The first-order valence-corrected chi connectivity index (χ1v) is 15.1. The molecule has 0 bridgehead atoms.